The summed E-state index contributed by atoms with van der Waals surface area (Å²) in [5.41, 5.74) is 0. The Hall–Kier alpha value is -1.42. The molecule has 0 aliphatic heterocycles. The number of hydrogen-bond donors (Lipinski definition) is 2. The Morgan fingerprint density at radius 3 is 1.29 bits per heavy atom. The maximum Gasteiger partial charge on any atom is 0.329 e. The molecule has 0 aromatic heterocycles. The fourth-order valence-electron chi connectivity index (χ4n) is 2.10. The van der Waals surface area contributed by atoms with Crippen molar-refractivity contribution in [3.05, 3.63) is 0 Å². The van der Waals surface area contributed by atoms with Crippen LogP contribution in [0.2, 0.25) is 0 Å². The lowest BCUT2D eigenvalue weighted by Crippen LogP contribution is -2.44. The van der Waals surface area contributed by atoms with E-state index < -0.39 is 24.0 Å². The number of nitrogens with one attached hydrogen (secondary N) is 2. The van der Waals surface area contributed by atoms with Crippen LogP contribution >= 0.6 is 21.6 Å². The van der Waals surface area contributed by atoms with Gasteiger partial charge in [0.2, 0.25) is 11.8 Å². The second kappa shape index (κ2) is 14.6. The Labute approximate surface area is 175 Å². The molecule has 0 aromatic carbocycles. The van der Waals surface area contributed by atoms with E-state index >= 15 is 0 Å². The van der Waals surface area contributed by atoms with Gasteiger partial charge in [0, 0.05) is 24.3 Å². The molecule has 2 unspecified atom stereocenters. The molecule has 162 valence electrons. The Bertz CT molecular complexity index is 482. The molecule has 8 nitrogen and oxygen atoms in total. The van der Waals surface area contributed by atoms with Gasteiger partial charge in [0.1, 0.15) is 12.1 Å². The number of carbonyl (C=O) groups is 4. The third-order valence-corrected chi connectivity index (χ3v) is 5.80. The van der Waals surface area contributed by atoms with E-state index in [4.69, 9.17) is 9.47 Å². The van der Waals surface area contributed by atoms with Crippen molar-refractivity contribution in [1.82, 2.24) is 10.6 Å². The summed E-state index contributed by atoms with van der Waals surface area (Å²) in [6.45, 7) is 7.66. The van der Waals surface area contributed by atoms with Gasteiger partial charge < -0.3 is 20.1 Å². The predicted molar refractivity (Wildman–Crippen MR) is 112 cm³/mol. The number of amides is 2. The SMILES string of the molecule is COC(=O)C(CSSCC(NC(=O)CC(C)C)C(=O)OC)NC(=O)CC(C)C. The minimum Gasteiger partial charge on any atom is -0.467 e. The van der Waals surface area contributed by atoms with E-state index in [9.17, 15) is 19.2 Å². The van der Waals surface area contributed by atoms with Gasteiger partial charge in [-0.05, 0) is 11.8 Å². The number of methoxy groups -OCH3 is 2. The zero-order valence-electron chi connectivity index (χ0n) is 17.4. The Morgan fingerprint density at radius 2 is 1.04 bits per heavy atom. The molecule has 0 saturated carbocycles. The van der Waals surface area contributed by atoms with Crippen molar-refractivity contribution in [2.45, 2.75) is 52.6 Å². The molecule has 0 spiro atoms. The van der Waals surface area contributed by atoms with Gasteiger partial charge in [-0.25, -0.2) is 9.59 Å². The molecule has 0 bridgehead atoms. The first-order chi connectivity index (χ1) is 13.1. The average Bonchev–Trinajstić information content (AvgIpc) is 2.60. The normalized spacial score (nSPS) is 13.0. The van der Waals surface area contributed by atoms with E-state index in [2.05, 4.69) is 10.6 Å². The lowest BCUT2D eigenvalue weighted by Gasteiger charge is -2.18. The summed E-state index contributed by atoms with van der Waals surface area (Å²) in [5.74, 6) is -0.593. The van der Waals surface area contributed by atoms with Gasteiger partial charge >= 0.3 is 11.9 Å². The molecule has 2 N–H and O–H groups in total. The van der Waals surface area contributed by atoms with Crippen LogP contribution in [0, 0.1) is 11.8 Å². The van der Waals surface area contributed by atoms with Crippen LogP contribution in [0.5, 0.6) is 0 Å². The number of hydrogen-bond acceptors (Lipinski definition) is 8. The fourth-order valence-corrected chi connectivity index (χ4v) is 4.40. The maximum atomic E-state index is 11.9. The molecule has 0 rings (SSSR count). The van der Waals surface area contributed by atoms with Crippen LogP contribution in [0.15, 0.2) is 0 Å². The van der Waals surface area contributed by atoms with Crippen LogP contribution in [0.4, 0.5) is 0 Å². The summed E-state index contributed by atoms with van der Waals surface area (Å²) >= 11 is 0. The van der Waals surface area contributed by atoms with E-state index in [0.717, 1.165) is 0 Å². The molecule has 0 aromatic rings. The third kappa shape index (κ3) is 12.1. The average molecular weight is 437 g/mol. The van der Waals surface area contributed by atoms with Gasteiger partial charge in [0.25, 0.3) is 0 Å². The monoisotopic (exact) mass is 436 g/mol. The van der Waals surface area contributed by atoms with Crippen LogP contribution in [0.3, 0.4) is 0 Å². The molecule has 0 aliphatic rings. The number of carbonyl (C=O) groups excluding carboxylic acids is 4. The van der Waals surface area contributed by atoms with E-state index in [1.165, 1.54) is 35.8 Å². The van der Waals surface area contributed by atoms with Gasteiger partial charge in [-0.1, -0.05) is 49.3 Å². The van der Waals surface area contributed by atoms with Crippen LogP contribution in [-0.4, -0.2) is 61.6 Å². The number of rotatable bonds is 13. The summed E-state index contributed by atoms with van der Waals surface area (Å²) in [6.07, 6.45) is 0.634. The van der Waals surface area contributed by atoms with Crippen LogP contribution in [0.1, 0.15) is 40.5 Å². The molecule has 0 aliphatic carbocycles. The van der Waals surface area contributed by atoms with E-state index in [0.29, 0.717) is 12.8 Å². The van der Waals surface area contributed by atoms with Gasteiger partial charge in [-0.3, -0.25) is 9.59 Å². The molecule has 0 heterocycles. The van der Waals surface area contributed by atoms with Crippen molar-refractivity contribution in [2.24, 2.45) is 11.8 Å². The topological polar surface area (TPSA) is 111 Å². The maximum absolute atomic E-state index is 11.9. The summed E-state index contributed by atoms with van der Waals surface area (Å²) < 4.78 is 9.47. The molecule has 28 heavy (non-hydrogen) atoms. The Kier molecular flexibility index (Phi) is 13.8. The van der Waals surface area contributed by atoms with E-state index in [1.54, 1.807) is 0 Å². The highest BCUT2D eigenvalue weighted by molar-refractivity contribution is 8.76. The second-order valence-electron chi connectivity index (χ2n) is 7.05. The zero-order chi connectivity index (χ0) is 21.7. The number of esters is 2. The van der Waals surface area contributed by atoms with Crippen molar-refractivity contribution in [3.8, 4) is 0 Å². The smallest absolute Gasteiger partial charge is 0.329 e. The highest BCUT2D eigenvalue weighted by atomic mass is 33.1. The predicted octanol–water partition coefficient (Wildman–Crippen LogP) is 1.78. The van der Waals surface area contributed by atoms with Crippen molar-refractivity contribution in [1.29, 1.82) is 0 Å². The van der Waals surface area contributed by atoms with Gasteiger partial charge in [0.05, 0.1) is 14.2 Å². The van der Waals surface area contributed by atoms with Gasteiger partial charge in [-0.15, -0.1) is 0 Å². The van der Waals surface area contributed by atoms with Gasteiger partial charge in [-0.2, -0.15) is 0 Å². The lowest BCUT2D eigenvalue weighted by atomic mass is 10.1. The summed E-state index contributed by atoms with van der Waals surface area (Å²) in [4.78, 5) is 47.6. The summed E-state index contributed by atoms with van der Waals surface area (Å²) in [6, 6.07) is -1.55. The lowest BCUT2D eigenvalue weighted by molar-refractivity contribution is -0.144. The molecule has 0 saturated heterocycles. The summed E-state index contributed by atoms with van der Waals surface area (Å²) in [7, 11) is 5.14. The summed E-state index contributed by atoms with van der Waals surface area (Å²) in [5, 5.41) is 5.33. The Morgan fingerprint density at radius 1 is 0.714 bits per heavy atom. The van der Waals surface area contributed by atoms with Crippen molar-refractivity contribution < 1.29 is 28.7 Å². The van der Waals surface area contributed by atoms with Crippen LogP contribution < -0.4 is 10.6 Å². The zero-order valence-corrected chi connectivity index (χ0v) is 19.0. The second-order valence-corrected chi connectivity index (χ2v) is 9.60. The molecular formula is C18H32N2O6S2. The van der Waals surface area contributed by atoms with Crippen molar-refractivity contribution in [2.75, 3.05) is 25.7 Å². The minimum absolute atomic E-state index is 0.176. The minimum atomic E-state index is -0.777. The van der Waals surface area contributed by atoms with E-state index in [-0.39, 0.29) is 35.2 Å². The molecule has 0 radical (unpaired) electrons. The first kappa shape index (κ1) is 26.6. The Balaban J connectivity index is 4.61. The number of ether oxygens (including phenoxy) is 2. The molecule has 2 amide bonds. The third-order valence-electron chi connectivity index (χ3n) is 3.38. The molecule has 0 fully saturated rings. The molecular weight excluding hydrogens is 404 g/mol. The van der Waals surface area contributed by atoms with Crippen molar-refractivity contribution >= 4 is 45.3 Å². The first-order valence-electron chi connectivity index (χ1n) is 9.09. The van der Waals surface area contributed by atoms with Crippen LogP contribution in [0.25, 0.3) is 0 Å². The highest BCUT2D eigenvalue weighted by Crippen LogP contribution is 2.24. The van der Waals surface area contributed by atoms with Crippen LogP contribution in [-0.2, 0) is 28.7 Å². The quantitative estimate of drug-likeness (QED) is 0.255. The molecule has 2 atom stereocenters. The molecule has 10 heteroatoms. The van der Waals surface area contributed by atoms with Crippen molar-refractivity contribution in [3.63, 3.8) is 0 Å². The largest absolute Gasteiger partial charge is 0.467 e. The first-order valence-corrected chi connectivity index (χ1v) is 11.6. The van der Waals surface area contributed by atoms with E-state index in [1.807, 2.05) is 27.7 Å². The highest BCUT2D eigenvalue weighted by Gasteiger charge is 2.24. The standard InChI is InChI=1S/C18H32N2O6S2/c1-11(2)7-15(21)19-13(17(23)25-5)9-27-28-10-14(18(24)26-6)20-16(22)8-12(3)4/h11-14H,7-10H2,1-6H3,(H,19,21)(H,20,22). The fraction of sp³-hybridized carbons (Fsp3) is 0.778. The van der Waals surface area contributed by atoms with Gasteiger partial charge in [0.15, 0.2) is 0 Å².